The molecule has 10 heteroatoms. The summed E-state index contributed by atoms with van der Waals surface area (Å²) in [6.07, 6.45) is 1.65. The van der Waals surface area contributed by atoms with Crippen molar-refractivity contribution in [2.45, 2.75) is 6.92 Å². The van der Waals surface area contributed by atoms with Gasteiger partial charge in [-0.1, -0.05) is 12.1 Å². The summed E-state index contributed by atoms with van der Waals surface area (Å²) in [4.78, 5) is 35.6. The second kappa shape index (κ2) is 6.62. The van der Waals surface area contributed by atoms with Gasteiger partial charge in [-0.05, 0) is 37.3 Å². The van der Waals surface area contributed by atoms with Gasteiger partial charge < -0.3 is 14.7 Å². The average molecular weight is 403 g/mol. The number of nitrogens with one attached hydrogen (secondary N) is 3. The Labute approximate surface area is 168 Å². The van der Waals surface area contributed by atoms with E-state index in [1.54, 1.807) is 37.5 Å². The average Bonchev–Trinajstić information content (AvgIpc) is 3.20. The molecule has 10 nitrogen and oxygen atoms in total. The van der Waals surface area contributed by atoms with Crippen LogP contribution in [0, 0.1) is 6.92 Å². The molecule has 3 N–H and O–H groups in total. The summed E-state index contributed by atoms with van der Waals surface area (Å²) in [5.74, 6) is 0.249. The van der Waals surface area contributed by atoms with Gasteiger partial charge in [0.05, 0.1) is 11.0 Å². The lowest BCUT2D eigenvalue weighted by atomic mass is 10.2. The highest BCUT2D eigenvalue weighted by atomic mass is 16.4. The van der Waals surface area contributed by atoms with Crippen LogP contribution in [0.2, 0.25) is 0 Å². The van der Waals surface area contributed by atoms with Gasteiger partial charge in [0, 0.05) is 24.5 Å². The maximum atomic E-state index is 12.2. The molecule has 0 spiro atoms. The van der Waals surface area contributed by atoms with Crippen molar-refractivity contribution >= 4 is 39.6 Å². The molecule has 0 atom stereocenters. The molecule has 0 bridgehead atoms. The summed E-state index contributed by atoms with van der Waals surface area (Å²) in [6.45, 7) is 1.83. The molecular formula is C20H17N7O3. The first-order valence-corrected chi connectivity index (χ1v) is 9.16. The third-order valence-electron chi connectivity index (χ3n) is 4.84. The van der Waals surface area contributed by atoms with E-state index in [9.17, 15) is 9.59 Å². The number of aromatic nitrogens is 5. The monoisotopic (exact) mass is 403 g/mol. The summed E-state index contributed by atoms with van der Waals surface area (Å²) in [6, 6.07) is 12.6. The number of hydrogen-bond acceptors (Lipinski definition) is 7. The van der Waals surface area contributed by atoms with Crippen LogP contribution in [0.4, 0.5) is 17.5 Å². The Balaban J connectivity index is 1.48. The second-order valence-electron chi connectivity index (χ2n) is 6.85. The standard InChI is InChI=1S/C20H17N7O3/c1-11-10-21-18(22-12-7-8-14-13(9-12)23-19(28)26(14)2)24-17(11)25-27-15-5-3-4-6-16(15)30-20(27)29/h3-10H,1-2H3,(H,23,28)(H2,21,22,24,25). The number of imidazole rings is 1. The highest BCUT2D eigenvalue weighted by Crippen LogP contribution is 2.21. The van der Waals surface area contributed by atoms with Crippen molar-refractivity contribution in [3.8, 4) is 0 Å². The van der Waals surface area contributed by atoms with Crippen molar-refractivity contribution in [2.75, 3.05) is 10.7 Å². The van der Waals surface area contributed by atoms with Crippen LogP contribution in [-0.4, -0.2) is 24.2 Å². The molecule has 0 aliphatic rings. The van der Waals surface area contributed by atoms with Gasteiger partial charge in [-0.3, -0.25) is 9.99 Å². The smallest absolute Gasteiger partial charge is 0.406 e. The first-order valence-electron chi connectivity index (χ1n) is 9.16. The zero-order valence-electron chi connectivity index (χ0n) is 16.1. The zero-order valence-corrected chi connectivity index (χ0v) is 16.1. The van der Waals surface area contributed by atoms with E-state index < -0.39 is 5.76 Å². The van der Waals surface area contributed by atoms with Gasteiger partial charge in [-0.25, -0.2) is 14.6 Å². The van der Waals surface area contributed by atoms with Crippen LogP contribution < -0.4 is 22.2 Å². The summed E-state index contributed by atoms with van der Waals surface area (Å²) < 4.78 is 8.08. The van der Waals surface area contributed by atoms with E-state index >= 15 is 0 Å². The van der Waals surface area contributed by atoms with E-state index in [-0.39, 0.29) is 5.69 Å². The highest BCUT2D eigenvalue weighted by molar-refractivity contribution is 5.80. The summed E-state index contributed by atoms with van der Waals surface area (Å²) in [5, 5.41) is 3.12. The fourth-order valence-electron chi connectivity index (χ4n) is 3.24. The number of benzene rings is 2. The third kappa shape index (κ3) is 2.91. The van der Waals surface area contributed by atoms with E-state index in [1.165, 1.54) is 9.24 Å². The Bertz CT molecular complexity index is 1520. The van der Waals surface area contributed by atoms with Gasteiger partial charge in [-0.15, -0.1) is 0 Å². The lowest BCUT2D eigenvalue weighted by molar-refractivity contribution is 0.532. The molecule has 0 aliphatic heterocycles. The predicted molar refractivity (Wildman–Crippen MR) is 113 cm³/mol. The van der Waals surface area contributed by atoms with E-state index in [2.05, 4.69) is 25.7 Å². The zero-order chi connectivity index (χ0) is 20.8. The van der Waals surface area contributed by atoms with Crippen LogP contribution in [0.5, 0.6) is 0 Å². The quantitative estimate of drug-likeness (QED) is 0.421. The Kier molecular flexibility index (Phi) is 3.91. The minimum atomic E-state index is -0.540. The van der Waals surface area contributed by atoms with E-state index in [4.69, 9.17) is 4.42 Å². The van der Waals surface area contributed by atoms with Gasteiger partial charge in [0.1, 0.15) is 5.52 Å². The second-order valence-corrected chi connectivity index (χ2v) is 6.85. The highest BCUT2D eigenvalue weighted by Gasteiger charge is 2.12. The molecule has 0 amide bonds. The van der Waals surface area contributed by atoms with Gasteiger partial charge in [0.2, 0.25) is 5.95 Å². The Morgan fingerprint density at radius 1 is 1.10 bits per heavy atom. The van der Waals surface area contributed by atoms with Gasteiger partial charge in [-0.2, -0.15) is 9.66 Å². The topological polar surface area (TPSA) is 123 Å². The maximum absolute atomic E-state index is 12.2. The Morgan fingerprint density at radius 2 is 1.93 bits per heavy atom. The molecule has 0 saturated heterocycles. The van der Waals surface area contributed by atoms with Gasteiger partial charge in [0.25, 0.3) is 0 Å². The summed E-state index contributed by atoms with van der Waals surface area (Å²) >= 11 is 0. The van der Waals surface area contributed by atoms with E-state index in [0.717, 1.165) is 11.1 Å². The number of nitrogens with zero attached hydrogens (tertiary/aromatic N) is 4. The number of fused-ring (bicyclic) bond motifs is 2. The fraction of sp³-hybridized carbons (Fsp3) is 0.100. The lowest BCUT2D eigenvalue weighted by Gasteiger charge is -2.11. The molecule has 0 radical (unpaired) electrons. The molecule has 3 aromatic heterocycles. The number of aryl methyl sites for hydroxylation is 2. The molecule has 0 aliphatic carbocycles. The minimum Gasteiger partial charge on any atom is -0.406 e. The number of hydrogen-bond donors (Lipinski definition) is 3. The lowest BCUT2D eigenvalue weighted by Crippen LogP contribution is -2.23. The molecule has 0 unspecified atom stereocenters. The van der Waals surface area contributed by atoms with Crippen LogP contribution in [0.15, 0.2) is 62.7 Å². The number of para-hydroxylation sites is 2. The molecule has 0 fully saturated rings. The fourth-order valence-corrected chi connectivity index (χ4v) is 3.24. The van der Waals surface area contributed by atoms with Crippen LogP contribution in [-0.2, 0) is 7.05 Å². The third-order valence-corrected chi connectivity index (χ3v) is 4.84. The van der Waals surface area contributed by atoms with Crippen LogP contribution in [0.25, 0.3) is 22.1 Å². The Morgan fingerprint density at radius 3 is 2.80 bits per heavy atom. The van der Waals surface area contributed by atoms with Crippen LogP contribution >= 0.6 is 0 Å². The summed E-state index contributed by atoms with van der Waals surface area (Å²) in [5.41, 5.74) is 6.86. The van der Waals surface area contributed by atoms with Crippen molar-refractivity contribution < 1.29 is 4.42 Å². The van der Waals surface area contributed by atoms with Crippen molar-refractivity contribution in [1.29, 1.82) is 0 Å². The normalized spacial score (nSPS) is 11.3. The first kappa shape index (κ1) is 17.7. The molecule has 0 saturated carbocycles. The largest absolute Gasteiger partial charge is 0.439 e. The van der Waals surface area contributed by atoms with Crippen LogP contribution in [0.1, 0.15) is 5.56 Å². The first-order chi connectivity index (χ1) is 14.5. The van der Waals surface area contributed by atoms with Crippen molar-refractivity contribution in [2.24, 2.45) is 7.05 Å². The molecule has 30 heavy (non-hydrogen) atoms. The minimum absolute atomic E-state index is 0.182. The van der Waals surface area contributed by atoms with E-state index in [0.29, 0.717) is 34.1 Å². The molecule has 2 aromatic carbocycles. The SMILES string of the molecule is Cc1cnc(Nc2ccc3c(c2)[nH]c(=O)n3C)nc1Nn1c(=O)oc2ccccc21. The number of oxazole rings is 1. The summed E-state index contributed by atoms with van der Waals surface area (Å²) in [7, 11) is 1.71. The maximum Gasteiger partial charge on any atom is 0.439 e. The predicted octanol–water partition coefficient (Wildman–Crippen LogP) is 2.49. The molecule has 3 heterocycles. The molecular weight excluding hydrogens is 386 g/mol. The van der Waals surface area contributed by atoms with Gasteiger partial charge >= 0.3 is 11.4 Å². The van der Waals surface area contributed by atoms with E-state index in [1.807, 2.05) is 25.1 Å². The Hall–Kier alpha value is -4.34. The van der Waals surface area contributed by atoms with Crippen LogP contribution in [0.3, 0.4) is 0 Å². The van der Waals surface area contributed by atoms with Crippen molar-refractivity contribution in [3.05, 3.63) is 75.3 Å². The molecule has 5 aromatic rings. The number of anilines is 3. The number of aromatic amines is 1. The van der Waals surface area contributed by atoms with Crippen molar-refractivity contribution in [3.63, 3.8) is 0 Å². The van der Waals surface area contributed by atoms with Gasteiger partial charge in [0.15, 0.2) is 11.4 Å². The number of rotatable bonds is 4. The molecule has 150 valence electrons. The van der Waals surface area contributed by atoms with Crippen molar-refractivity contribution in [1.82, 2.24) is 24.2 Å². The molecule has 5 rings (SSSR count). The number of H-pyrrole nitrogens is 1.